The van der Waals surface area contributed by atoms with E-state index in [0.717, 1.165) is 24.8 Å². The van der Waals surface area contributed by atoms with Crippen LogP contribution in [0.15, 0.2) is 40.3 Å². The maximum absolute atomic E-state index is 12.9. The summed E-state index contributed by atoms with van der Waals surface area (Å²) in [6.45, 7) is 6.14. The quantitative estimate of drug-likeness (QED) is 0.322. The van der Waals surface area contributed by atoms with Gasteiger partial charge in [0.1, 0.15) is 29.1 Å². The first-order valence-electron chi connectivity index (χ1n) is 9.88. The Kier molecular flexibility index (Phi) is 6.11. The van der Waals surface area contributed by atoms with E-state index in [0.29, 0.717) is 29.4 Å². The van der Waals surface area contributed by atoms with E-state index in [2.05, 4.69) is 6.92 Å². The van der Waals surface area contributed by atoms with E-state index < -0.39 is 17.7 Å². The summed E-state index contributed by atoms with van der Waals surface area (Å²) < 4.78 is 11.0. The van der Waals surface area contributed by atoms with Gasteiger partial charge in [-0.2, -0.15) is 0 Å². The summed E-state index contributed by atoms with van der Waals surface area (Å²) in [6, 6.07) is 8.00. The number of aryl methyl sites for hydroxylation is 2. The summed E-state index contributed by atoms with van der Waals surface area (Å²) in [5.41, 5.74) is 1.30. The monoisotopic (exact) mass is 397 g/mol. The fraction of sp³-hybridized carbons (Fsp3) is 0.391. The average molecular weight is 397 g/mol. The number of ketones is 1. The van der Waals surface area contributed by atoms with Gasteiger partial charge in [-0.25, -0.2) is 0 Å². The molecule has 0 aliphatic carbocycles. The van der Waals surface area contributed by atoms with Crippen LogP contribution in [0.3, 0.4) is 0 Å². The Morgan fingerprint density at radius 1 is 1.17 bits per heavy atom. The average Bonchev–Trinajstić information content (AvgIpc) is 3.23. The normalized spacial score (nSPS) is 18.5. The highest BCUT2D eigenvalue weighted by Gasteiger charge is 2.47. The molecule has 1 amide bonds. The Bertz CT molecular complexity index is 956. The number of hydrogen-bond acceptors (Lipinski definition) is 5. The summed E-state index contributed by atoms with van der Waals surface area (Å²) >= 11 is 0. The van der Waals surface area contributed by atoms with Crippen molar-refractivity contribution in [1.29, 1.82) is 0 Å². The molecular formula is C23H27NO5. The highest BCUT2D eigenvalue weighted by atomic mass is 16.5. The van der Waals surface area contributed by atoms with Crippen molar-refractivity contribution in [2.45, 2.75) is 46.1 Å². The lowest BCUT2D eigenvalue weighted by atomic mass is 9.97. The van der Waals surface area contributed by atoms with Crippen LogP contribution in [-0.4, -0.2) is 35.4 Å². The number of aliphatic hydroxyl groups is 1. The third kappa shape index (κ3) is 3.92. The highest BCUT2D eigenvalue weighted by Crippen LogP contribution is 2.40. The number of unbranched alkanes of at least 4 members (excludes halogenated alkanes) is 2. The molecule has 1 N–H and O–H groups in total. The largest absolute Gasteiger partial charge is 0.507 e. The first-order valence-corrected chi connectivity index (χ1v) is 9.88. The van der Waals surface area contributed by atoms with Crippen molar-refractivity contribution in [3.63, 3.8) is 0 Å². The van der Waals surface area contributed by atoms with E-state index in [9.17, 15) is 14.7 Å². The van der Waals surface area contributed by atoms with Crippen molar-refractivity contribution in [2.24, 2.45) is 0 Å². The second kappa shape index (κ2) is 8.55. The summed E-state index contributed by atoms with van der Waals surface area (Å²) in [6.07, 6.45) is 2.73. The second-order valence-electron chi connectivity index (χ2n) is 7.33. The van der Waals surface area contributed by atoms with Crippen LogP contribution in [0.25, 0.3) is 5.76 Å². The summed E-state index contributed by atoms with van der Waals surface area (Å²) in [5.74, 6) is 0.324. The molecule has 2 aromatic rings. The lowest BCUT2D eigenvalue weighted by molar-refractivity contribution is -0.140. The molecule has 1 aliphatic rings. The molecule has 1 aromatic heterocycles. The van der Waals surface area contributed by atoms with Gasteiger partial charge in [-0.15, -0.1) is 0 Å². The fourth-order valence-corrected chi connectivity index (χ4v) is 3.71. The zero-order valence-corrected chi connectivity index (χ0v) is 17.3. The molecule has 6 heteroatoms. The molecule has 29 heavy (non-hydrogen) atoms. The maximum Gasteiger partial charge on any atom is 0.295 e. The molecule has 3 rings (SSSR count). The van der Waals surface area contributed by atoms with E-state index in [1.165, 1.54) is 4.90 Å². The van der Waals surface area contributed by atoms with Crippen molar-refractivity contribution in [2.75, 3.05) is 13.7 Å². The van der Waals surface area contributed by atoms with E-state index in [-0.39, 0.29) is 11.3 Å². The first kappa shape index (κ1) is 20.7. The predicted octanol–water partition coefficient (Wildman–Crippen LogP) is 4.52. The van der Waals surface area contributed by atoms with Gasteiger partial charge < -0.3 is 19.2 Å². The predicted molar refractivity (Wildman–Crippen MR) is 110 cm³/mol. The Hall–Kier alpha value is -3.02. The molecule has 0 bridgehead atoms. The van der Waals surface area contributed by atoms with Crippen LogP contribution in [0.4, 0.5) is 0 Å². The lowest BCUT2D eigenvalue weighted by Crippen LogP contribution is -2.30. The first-order chi connectivity index (χ1) is 13.9. The van der Waals surface area contributed by atoms with Crippen LogP contribution in [0.2, 0.25) is 0 Å². The molecule has 2 heterocycles. The molecule has 1 atom stereocenters. The molecule has 1 aliphatic heterocycles. The number of methoxy groups -OCH3 is 1. The molecule has 1 unspecified atom stereocenters. The van der Waals surface area contributed by atoms with E-state index in [1.807, 2.05) is 6.92 Å². The molecule has 6 nitrogen and oxygen atoms in total. The molecule has 1 aromatic carbocycles. The molecular weight excluding hydrogens is 370 g/mol. The van der Waals surface area contributed by atoms with E-state index in [4.69, 9.17) is 9.15 Å². The van der Waals surface area contributed by atoms with Crippen LogP contribution in [-0.2, 0) is 9.59 Å². The topological polar surface area (TPSA) is 80.0 Å². The smallest absolute Gasteiger partial charge is 0.295 e. The number of carbonyl (C=O) groups is 2. The Balaban J connectivity index is 2.12. The minimum absolute atomic E-state index is 0.0640. The number of likely N-dealkylation sites (tertiary alicyclic amines) is 1. The number of carbonyl (C=O) groups excluding carboxylic acids is 2. The highest BCUT2D eigenvalue weighted by molar-refractivity contribution is 6.46. The van der Waals surface area contributed by atoms with Gasteiger partial charge in [-0.05, 0) is 56.2 Å². The SMILES string of the molecule is CCCCCN1C(=O)C(=O)/C(=C(\O)c2ccc(OC)cc2C)C1c1ccc(C)o1. The second-order valence-corrected chi connectivity index (χ2v) is 7.33. The number of rotatable bonds is 7. The van der Waals surface area contributed by atoms with Gasteiger partial charge in [0, 0.05) is 12.1 Å². The van der Waals surface area contributed by atoms with Crippen molar-refractivity contribution in [3.8, 4) is 5.75 Å². The van der Waals surface area contributed by atoms with E-state index in [1.54, 1.807) is 44.4 Å². The molecule has 1 fully saturated rings. The zero-order valence-electron chi connectivity index (χ0n) is 17.3. The minimum atomic E-state index is -0.734. The van der Waals surface area contributed by atoms with Crippen molar-refractivity contribution in [1.82, 2.24) is 4.90 Å². The number of benzene rings is 1. The van der Waals surface area contributed by atoms with Crippen LogP contribution < -0.4 is 4.74 Å². The number of furan rings is 1. The van der Waals surface area contributed by atoms with Crippen LogP contribution in [0, 0.1) is 13.8 Å². The fourth-order valence-electron chi connectivity index (χ4n) is 3.71. The molecule has 1 saturated heterocycles. The summed E-state index contributed by atoms with van der Waals surface area (Å²) in [4.78, 5) is 27.2. The lowest BCUT2D eigenvalue weighted by Gasteiger charge is -2.23. The molecule has 154 valence electrons. The van der Waals surface area contributed by atoms with Gasteiger partial charge in [0.15, 0.2) is 0 Å². The maximum atomic E-state index is 12.9. The molecule has 0 saturated carbocycles. The van der Waals surface area contributed by atoms with Crippen molar-refractivity contribution < 1.29 is 23.8 Å². The van der Waals surface area contributed by atoms with Crippen molar-refractivity contribution in [3.05, 3.63) is 58.6 Å². The van der Waals surface area contributed by atoms with Gasteiger partial charge in [0.05, 0.1) is 12.7 Å². The van der Waals surface area contributed by atoms with Crippen molar-refractivity contribution >= 4 is 17.4 Å². The molecule has 0 spiro atoms. The number of amides is 1. The Morgan fingerprint density at radius 3 is 2.52 bits per heavy atom. The van der Waals surface area contributed by atoms with Gasteiger partial charge in [0.2, 0.25) is 0 Å². The van der Waals surface area contributed by atoms with Gasteiger partial charge >= 0.3 is 0 Å². The van der Waals surface area contributed by atoms with Gasteiger partial charge in [-0.1, -0.05) is 19.8 Å². The number of ether oxygens (including phenoxy) is 1. The molecule has 0 radical (unpaired) electrons. The Morgan fingerprint density at radius 2 is 1.93 bits per heavy atom. The number of nitrogens with zero attached hydrogens (tertiary/aromatic N) is 1. The third-order valence-corrected chi connectivity index (χ3v) is 5.26. The van der Waals surface area contributed by atoms with Crippen LogP contribution >= 0.6 is 0 Å². The summed E-state index contributed by atoms with van der Waals surface area (Å²) in [7, 11) is 1.56. The number of aliphatic hydroxyl groups excluding tert-OH is 1. The Labute approximate surface area is 170 Å². The number of Topliss-reactive ketones (excluding diaryl/α,β-unsaturated/α-hetero) is 1. The van der Waals surface area contributed by atoms with E-state index >= 15 is 0 Å². The minimum Gasteiger partial charge on any atom is -0.507 e. The third-order valence-electron chi connectivity index (χ3n) is 5.26. The zero-order chi connectivity index (χ0) is 21.1. The standard InChI is InChI=1S/C23H27NO5/c1-5-6-7-12-24-20(18-11-8-15(3)29-18)19(22(26)23(24)27)21(25)17-10-9-16(28-4)13-14(17)2/h8-11,13,20,25H,5-7,12H2,1-4H3/b21-19-. The van der Waals surface area contributed by atoms with Gasteiger partial charge in [0.25, 0.3) is 11.7 Å². The van der Waals surface area contributed by atoms with Crippen LogP contribution in [0.5, 0.6) is 5.75 Å². The van der Waals surface area contributed by atoms with Gasteiger partial charge in [-0.3, -0.25) is 9.59 Å². The summed E-state index contributed by atoms with van der Waals surface area (Å²) in [5, 5.41) is 11.1. The number of hydrogen-bond donors (Lipinski definition) is 1. The van der Waals surface area contributed by atoms with Crippen LogP contribution in [0.1, 0.15) is 54.9 Å².